The first-order valence-corrected chi connectivity index (χ1v) is 14.4. The summed E-state index contributed by atoms with van der Waals surface area (Å²) >= 11 is 0. The van der Waals surface area contributed by atoms with E-state index in [0.717, 1.165) is 27.8 Å². The SMILES string of the molecule is Nc1ccc(/C=C/C(=O)NCc2cc3cc(-c4ccc(C(=O)N5CCC(F)(F)CC5)cc4)cc(-c4ccc(F)cc4)n3n2)cn1. The molecule has 5 aromatic rings. The molecule has 0 atom stereocenters. The number of anilines is 1. The number of nitrogens with zero attached hydrogens (tertiary/aromatic N) is 4. The predicted molar refractivity (Wildman–Crippen MR) is 166 cm³/mol. The minimum absolute atomic E-state index is 0.0195. The van der Waals surface area contributed by atoms with E-state index in [1.807, 2.05) is 30.3 Å². The normalized spacial score (nSPS) is 14.6. The third kappa shape index (κ3) is 6.87. The molecule has 1 fully saturated rings. The van der Waals surface area contributed by atoms with Gasteiger partial charge in [-0.1, -0.05) is 12.1 Å². The summed E-state index contributed by atoms with van der Waals surface area (Å²) in [4.78, 5) is 30.9. The number of benzene rings is 2. The molecule has 1 aliphatic rings. The van der Waals surface area contributed by atoms with Gasteiger partial charge in [0.25, 0.3) is 11.8 Å². The maximum Gasteiger partial charge on any atom is 0.253 e. The molecule has 1 aliphatic heterocycles. The Morgan fingerprint density at radius 1 is 0.911 bits per heavy atom. The van der Waals surface area contributed by atoms with Crippen molar-refractivity contribution in [1.29, 1.82) is 0 Å². The fraction of sp³-hybridized carbons (Fsp3) is 0.176. The van der Waals surface area contributed by atoms with E-state index in [9.17, 15) is 22.8 Å². The first kappa shape index (κ1) is 29.6. The quantitative estimate of drug-likeness (QED) is 0.221. The van der Waals surface area contributed by atoms with Crippen molar-refractivity contribution in [3.8, 4) is 22.4 Å². The zero-order valence-corrected chi connectivity index (χ0v) is 24.1. The van der Waals surface area contributed by atoms with Gasteiger partial charge in [-0.15, -0.1) is 0 Å². The molecule has 0 saturated carbocycles. The van der Waals surface area contributed by atoms with Gasteiger partial charge in [-0.2, -0.15) is 5.10 Å². The van der Waals surface area contributed by atoms with E-state index >= 15 is 0 Å². The Morgan fingerprint density at radius 3 is 2.31 bits per heavy atom. The van der Waals surface area contributed by atoms with Gasteiger partial charge in [-0.05, 0) is 89.5 Å². The molecule has 228 valence electrons. The van der Waals surface area contributed by atoms with Gasteiger partial charge in [-0.3, -0.25) is 9.59 Å². The maximum atomic E-state index is 13.8. The van der Waals surface area contributed by atoms with Crippen LogP contribution in [0.25, 0.3) is 34.0 Å². The molecule has 2 amide bonds. The van der Waals surface area contributed by atoms with E-state index in [1.54, 1.807) is 53.2 Å². The number of halogens is 3. The lowest BCUT2D eigenvalue weighted by atomic mass is 10.0. The Labute approximate surface area is 257 Å². The molecular formula is C34H29F3N6O2. The molecule has 0 unspecified atom stereocenters. The second-order valence-corrected chi connectivity index (χ2v) is 10.9. The molecule has 45 heavy (non-hydrogen) atoms. The highest BCUT2D eigenvalue weighted by molar-refractivity contribution is 5.95. The van der Waals surface area contributed by atoms with Gasteiger partial charge >= 0.3 is 0 Å². The van der Waals surface area contributed by atoms with E-state index in [0.29, 0.717) is 22.8 Å². The number of hydrogen-bond acceptors (Lipinski definition) is 5. The first-order valence-electron chi connectivity index (χ1n) is 14.4. The maximum absolute atomic E-state index is 13.8. The second-order valence-electron chi connectivity index (χ2n) is 10.9. The number of hydrogen-bond donors (Lipinski definition) is 2. The molecular weight excluding hydrogens is 581 g/mol. The number of nitrogens with one attached hydrogen (secondary N) is 1. The number of fused-ring (bicyclic) bond motifs is 1. The van der Waals surface area contributed by atoms with Crippen molar-refractivity contribution in [3.05, 3.63) is 114 Å². The second kappa shape index (κ2) is 12.3. The van der Waals surface area contributed by atoms with Crippen LogP contribution in [0.1, 0.15) is 34.5 Å². The number of likely N-dealkylation sites (tertiary alicyclic amines) is 1. The van der Waals surface area contributed by atoms with E-state index in [-0.39, 0.29) is 50.1 Å². The number of nitrogen functional groups attached to an aromatic ring is 1. The molecule has 8 nitrogen and oxygen atoms in total. The minimum atomic E-state index is -2.73. The number of carbonyl (C=O) groups excluding carboxylic acids is 2. The van der Waals surface area contributed by atoms with Crippen molar-refractivity contribution in [2.75, 3.05) is 18.8 Å². The van der Waals surface area contributed by atoms with Crippen LogP contribution in [0.3, 0.4) is 0 Å². The third-order valence-corrected chi connectivity index (χ3v) is 7.68. The Morgan fingerprint density at radius 2 is 1.62 bits per heavy atom. The van der Waals surface area contributed by atoms with E-state index in [4.69, 9.17) is 10.8 Å². The van der Waals surface area contributed by atoms with Crippen molar-refractivity contribution in [1.82, 2.24) is 24.8 Å². The number of alkyl halides is 2. The van der Waals surface area contributed by atoms with Crippen LogP contribution in [0.2, 0.25) is 0 Å². The van der Waals surface area contributed by atoms with Crippen LogP contribution in [0.5, 0.6) is 0 Å². The molecule has 3 aromatic heterocycles. The summed E-state index contributed by atoms with van der Waals surface area (Å²) in [5, 5.41) is 7.53. The predicted octanol–water partition coefficient (Wildman–Crippen LogP) is 5.99. The standard InChI is InChI=1S/C34H29F3N6O2/c35-27-9-7-24(8-10-27)30-18-26(23-3-5-25(6-4-23)33(45)42-15-13-34(36,37)14-16-42)17-29-19-28(41-43(29)30)21-40-32(44)12-2-22-1-11-31(38)39-20-22/h1-12,17-20H,13-16,21H2,(H2,38,39)(H,40,44)/b12-2+. The number of amides is 2. The highest BCUT2D eigenvalue weighted by Gasteiger charge is 2.35. The van der Waals surface area contributed by atoms with E-state index in [2.05, 4.69) is 10.3 Å². The van der Waals surface area contributed by atoms with Crippen molar-refractivity contribution in [3.63, 3.8) is 0 Å². The molecule has 0 spiro atoms. The smallest absolute Gasteiger partial charge is 0.253 e. The Kier molecular flexibility index (Phi) is 8.08. The van der Waals surface area contributed by atoms with Gasteiger partial charge in [0.2, 0.25) is 5.91 Å². The van der Waals surface area contributed by atoms with Gasteiger partial charge in [0.05, 0.1) is 23.4 Å². The topological polar surface area (TPSA) is 106 Å². The molecule has 4 heterocycles. The monoisotopic (exact) mass is 610 g/mol. The number of pyridine rings is 2. The number of piperidine rings is 1. The highest BCUT2D eigenvalue weighted by Crippen LogP contribution is 2.31. The number of rotatable bonds is 7. The van der Waals surface area contributed by atoms with Crippen LogP contribution in [0.4, 0.5) is 19.0 Å². The van der Waals surface area contributed by atoms with Gasteiger partial charge in [0, 0.05) is 49.3 Å². The van der Waals surface area contributed by atoms with Crippen LogP contribution >= 0.6 is 0 Å². The van der Waals surface area contributed by atoms with Crippen molar-refractivity contribution >= 4 is 29.2 Å². The average molecular weight is 611 g/mol. The third-order valence-electron chi connectivity index (χ3n) is 7.68. The van der Waals surface area contributed by atoms with Crippen molar-refractivity contribution in [2.24, 2.45) is 0 Å². The van der Waals surface area contributed by atoms with Crippen LogP contribution in [-0.2, 0) is 11.3 Å². The molecule has 1 saturated heterocycles. The molecule has 11 heteroatoms. The fourth-order valence-corrected chi connectivity index (χ4v) is 5.18. The summed E-state index contributed by atoms with van der Waals surface area (Å²) in [7, 11) is 0. The van der Waals surface area contributed by atoms with Crippen LogP contribution in [0, 0.1) is 5.82 Å². The van der Waals surface area contributed by atoms with E-state index in [1.165, 1.54) is 23.1 Å². The largest absolute Gasteiger partial charge is 0.384 e. The van der Waals surface area contributed by atoms with Gasteiger partial charge in [-0.25, -0.2) is 22.7 Å². The van der Waals surface area contributed by atoms with Crippen molar-refractivity contribution < 1.29 is 22.8 Å². The lowest BCUT2D eigenvalue weighted by Gasteiger charge is -2.31. The molecule has 0 aliphatic carbocycles. The molecule has 0 radical (unpaired) electrons. The Balaban J connectivity index is 1.24. The van der Waals surface area contributed by atoms with E-state index < -0.39 is 5.92 Å². The zero-order chi connectivity index (χ0) is 31.6. The number of nitrogens with two attached hydrogens (primary N) is 1. The molecule has 3 N–H and O–H groups in total. The van der Waals surface area contributed by atoms with Crippen molar-refractivity contribution in [2.45, 2.75) is 25.3 Å². The summed E-state index contributed by atoms with van der Waals surface area (Å²) in [6.07, 6.45) is 3.93. The van der Waals surface area contributed by atoms with Crippen LogP contribution in [-0.4, -0.2) is 50.3 Å². The first-order chi connectivity index (χ1) is 21.6. The van der Waals surface area contributed by atoms with Gasteiger partial charge < -0.3 is 16.0 Å². The Bertz CT molecular complexity index is 1870. The summed E-state index contributed by atoms with van der Waals surface area (Å²) in [5.41, 5.74) is 11.2. The van der Waals surface area contributed by atoms with Gasteiger partial charge in [0.15, 0.2) is 0 Å². The molecule has 6 rings (SSSR count). The lowest BCUT2D eigenvalue weighted by Crippen LogP contribution is -2.42. The fourth-order valence-electron chi connectivity index (χ4n) is 5.18. The Hall–Kier alpha value is -5.45. The summed E-state index contributed by atoms with van der Waals surface area (Å²) < 4.78 is 42.6. The lowest BCUT2D eigenvalue weighted by molar-refractivity contribution is -0.116. The highest BCUT2D eigenvalue weighted by atomic mass is 19.3. The average Bonchev–Trinajstić information content (AvgIpc) is 3.46. The van der Waals surface area contributed by atoms with Crippen LogP contribution < -0.4 is 11.1 Å². The summed E-state index contributed by atoms with van der Waals surface area (Å²) in [5.74, 6) is -3.29. The minimum Gasteiger partial charge on any atom is -0.384 e. The molecule has 2 aromatic carbocycles. The van der Waals surface area contributed by atoms with Crippen LogP contribution in [0.15, 0.2) is 91.1 Å². The van der Waals surface area contributed by atoms with Gasteiger partial charge in [0.1, 0.15) is 11.6 Å². The number of carbonyl (C=O) groups is 2. The zero-order valence-electron chi connectivity index (χ0n) is 24.1. The summed E-state index contributed by atoms with van der Waals surface area (Å²) in [6.45, 7) is 0.208. The number of aromatic nitrogens is 3. The molecule has 0 bridgehead atoms. The summed E-state index contributed by atoms with van der Waals surface area (Å²) in [6, 6.07) is 22.2.